The van der Waals surface area contributed by atoms with Crippen molar-refractivity contribution < 1.29 is 27.5 Å². The van der Waals surface area contributed by atoms with Gasteiger partial charge in [0.15, 0.2) is 12.4 Å². The highest BCUT2D eigenvalue weighted by molar-refractivity contribution is 7.92. The Labute approximate surface area is 198 Å². The fourth-order valence-corrected chi connectivity index (χ4v) is 5.54. The molecule has 3 aromatic rings. The lowest BCUT2D eigenvalue weighted by atomic mass is 9.88. The average Bonchev–Trinajstić information content (AvgIpc) is 2.84. The Bertz CT molecular complexity index is 1350. The van der Waals surface area contributed by atoms with Crippen molar-refractivity contribution in [2.24, 2.45) is 0 Å². The number of nitrogens with zero attached hydrogens (tertiary/aromatic N) is 1. The molecule has 0 saturated heterocycles. The Balaban J connectivity index is 1.35. The molecule has 0 spiro atoms. The molecule has 5 rings (SSSR count). The molecule has 3 aromatic carbocycles. The van der Waals surface area contributed by atoms with Gasteiger partial charge < -0.3 is 9.47 Å². The van der Waals surface area contributed by atoms with Crippen molar-refractivity contribution in [2.75, 3.05) is 23.7 Å². The van der Waals surface area contributed by atoms with Crippen LogP contribution in [0.3, 0.4) is 0 Å². The highest BCUT2D eigenvalue weighted by Gasteiger charge is 2.34. The molecule has 0 bridgehead atoms. The van der Waals surface area contributed by atoms with E-state index in [9.17, 15) is 18.0 Å². The SMILES string of the molecule is CS(=O)(=O)N1CCCc2cc(C(=O)COC(=O)C3c4ccccc4Oc4ccccc43)ccc21. The summed E-state index contributed by atoms with van der Waals surface area (Å²) in [6.45, 7) is 0.0138. The van der Waals surface area contributed by atoms with E-state index in [2.05, 4.69) is 0 Å². The van der Waals surface area contributed by atoms with Crippen molar-refractivity contribution in [3.8, 4) is 11.5 Å². The number of ketones is 1. The van der Waals surface area contributed by atoms with Crippen LogP contribution in [-0.2, 0) is 26.0 Å². The van der Waals surface area contributed by atoms with Gasteiger partial charge in [-0.1, -0.05) is 36.4 Å². The van der Waals surface area contributed by atoms with Gasteiger partial charge in [-0.15, -0.1) is 0 Å². The third-order valence-electron chi connectivity index (χ3n) is 6.14. The second-order valence-corrected chi connectivity index (χ2v) is 10.3. The number of fused-ring (bicyclic) bond motifs is 3. The van der Waals surface area contributed by atoms with E-state index in [1.165, 1.54) is 10.6 Å². The predicted molar refractivity (Wildman–Crippen MR) is 127 cm³/mol. The molecular formula is C26H23NO6S. The zero-order valence-corrected chi connectivity index (χ0v) is 19.4. The van der Waals surface area contributed by atoms with E-state index in [0.29, 0.717) is 53.3 Å². The van der Waals surface area contributed by atoms with Gasteiger partial charge in [-0.3, -0.25) is 13.9 Å². The van der Waals surface area contributed by atoms with Crippen LogP contribution in [0.1, 0.15) is 39.4 Å². The summed E-state index contributed by atoms with van der Waals surface area (Å²) in [5.41, 5.74) is 3.15. The molecule has 0 aliphatic carbocycles. The molecule has 0 radical (unpaired) electrons. The predicted octanol–water partition coefficient (Wildman–Crippen LogP) is 4.06. The molecule has 2 aliphatic rings. The maximum absolute atomic E-state index is 13.1. The minimum atomic E-state index is -3.39. The number of carbonyl (C=O) groups is 2. The Hall–Kier alpha value is -3.65. The lowest BCUT2D eigenvalue weighted by Gasteiger charge is -2.29. The lowest BCUT2D eigenvalue weighted by molar-refractivity contribution is -0.143. The number of hydrogen-bond acceptors (Lipinski definition) is 6. The third-order valence-corrected chi connectivity index (χ3v) is 7.32. The van der Waals surface area contributed by atoms with Gasteiger partial charge >= 0.3 is 5.97 Å². The summed E-state index contributed by atoms with van der Waals surface area (Å²) in [5, 5.41) is 0. The molecule has 0 amide bonds. The number of anilines is 1. The molecule has 0 unspecified atom stereocenters. The fourth-order valence-electron chi connectivity index (χ4n) is 4.55. The summed E-state index contributed by atoms with van der Waals surface area (Å²) in [5.74, 6) is -0.404. The molecule has 2 heterocycles. The number of Topliss-reactive ketones (excluding diaryl/α,β-unsaturated/α-hetero) is 1. The third kappa shape index (κ3) is 4.05. The van der Waals surface area contributed by atoms with Crippen LogP contribution < -0.4 is 9.04 Å². The molecule has 2 aliphatic heterocycles. The highest BCUT2D eigenvalue weighted by Crippen LogP contribution is 2.44. The number of hydrogen-bond donors (Lipinski definition) is 0. The molecule has 0 atom stereocenters. The molecule has 0 N–H and O–H groups in total. The molecule has 0 aromatic heterocycles. The van der Waals surface area contributed by atoms with E-state index >= 15 is 0 Å². The first-order valence-electron chi connectivity index (χ1n) is 11.0. The number of benzene rings is 3. The first kappa shape index (κ1) is 22.2. The van der Waals surface area contributed by atoms with Crippen LogP contribution in [0.5, 0.6) is 11.5 Å². The molecular weight excluding hydrogens is 454 g/mol. The summed E-state index contributed by atoms with van der Waals surface area (Å²) < 4.78 is 36.9. The molecule has 8 heteroatoms. The van der Waals surface area contributed by atoms with Crippen molar-refractivity contribution in [2.45, 2.75) is 18.8 Å². The van der Waals surface area contributed by atoms with Gasteiger partial charge in [0, 0.05) is 23.2 Å². The quantitative estimate of drug-likeness (QED) is 0.407. The Morgan fingerprint density at radius 3 is 2.29 bits per heavy atom. The molecule has 174 valence electrons. The van der Waals surface area contributed by atoms with Crippen LogP contribution in [0.15, 0.2) is 66.7 Å². The number of esters is 1. The number of ether oxygens (including phenoxy) is 2. The second kappa shape index (κ2) is 8.61. The number of carbonyl (C=O) groups excluding carboxylic acids is 2. The minimum Gasteiger partial charge on any atom is -0.457 e. The van der Waals surface area contributed by atoms with Crippen LogP contribution in [0.2, 0.25) is 0 Å². The zero-order chi connectivity index (χ0) is 23.9. The maximum Gasteiger partial charge on any atom is 0.318 e. The smallest absolute Gasteiger partial charge is 0.318 e. The summed E-state index contributed by atoms with van der Waals surface area (Å²) in [4.78, 5) is 26.0. The van der Waals surface area contributed by atoms with Gasteiger partial charge in [0.1, 0.15) is 17.4 Å². The number of aryl methyl sites for hydroxylation is 1. The van der Waals surface area contributed by atoms with Crippen LogP contribution in [0.4, 0.5) is 5.69 Å². The maximum atomic E-state index is 13.1. The van der Waals surface area contributed by atoms with Gasteiger partial charge in [0.2, 0.25) is 10.0 Å². The molecule has 0 saturated carbocycles. The number of sulfonamides is 1. The molecule has 7 nitrogen and oxygen atoms in total. The summed E-state index contributed by atoms with van der Waals surface area (Å²) in [6.07, 6.45) is 2.53. The number of para-hydroxylation sites is 2. The summed E-state index contributed by atoms with van der Waals surface area (Å²) in [7, 11) is -3.39. The van der Waals surface area contributed by atoms with Gasteiger partial charge in [-0.2, -0.15) is 0 Å². The molecule has 34 heavy (non-hydrogen) atoms. The second-order valence-electron chi connectivity index (χ2n) is 8.42. The van der Waals surface area contributed by atoms with E-state index < -0.39 is 28.5 Å². The minimum absolute atomic E-state index is 0.346. The van der Waals surface area contributed by atoms with Crippen LogP contribution >= 0.6 is 0 Å². The van der Waals surface area contributed by atoms with Crippen LogP contribution in [0, 0.1) is 0 Å². The van der Waals surface area contributed by atoms with Gasteiger partial charge in [-0.25, -0.2) is 8.42 Å². The van der Waals surface area contributed by atoms with Crippen LogP contribution in [0.25, 0.3) is 0 Å². The summed E-state index contributed by atoms with van der Waals surface area (Å²) >= 11 is 0. The highest BCUT2D eigenvalue weighted by atomic mass is 32.2. The van der Waals surface area contributed by atoms with Crippen molar-refractivity contribution in [1.29, 1.82) is 0 Å². The Morgan fingerprint density at radius 1 is 1.00 bits per heavy atom. The van der Waals surface area contributed by atoms with Gasteiger partial charge in [0.25, 0.3) is 0 Å². The van der Waals surface area contributed by atoms with Gasteiger partial charge in [0.05, 0.1) is 11.9 Å². The van der Waals surface area contributed by atoms with E-state index in [0.717, 1.165) is 5.56 Å². The Morgan fingerprint density at radius 2 is 1.65 bits per heavy atom. The molecule has 0 fully saturated rings. The van der Waals surface area contributed by atoms with Crippen molar-refractivity contribution in [3.05, 3.63) is 89.0 Å². The topological polar surface area (TPSA) is 90.0 Å². The average molecular weight is 478 g/mol. The first-order chi connectivity index (χ1) is 16.3. The van der Waals surface area contributed by atoms with E-state index in [-0.39, 0.29) is 5.78 Å². The lowest BCUT2D eigenvalue weighted by Crippen LogP contribution is -2.34. The van der Waals surface area contributed by atoms with Gasteiger partial charge in [-0.05, 0) is 48.7 Å². The Kier molecular flexibility index (Phi) is 5.61. The first-order valence-corrected chi connectivity index (χ1v) is 12.8. The fraction of sp³-hybridized carbons (Fsp3) is 0.231. The monoisotopic (exact) mass is 477 g/mol. The van der Waals surface area contributed by atoms with Crippen molar-refractivity contribution in [3.63, 3.8) is 0 Å². The largest absolute Gasteiger partial charge is 0.457 e. The standard InChI is InChI=1S/C26H23NO6S/c1-34(30,31)27-14-6-7-17-15-18(12-13-21(17)27)22(28)16-32-26(29)25-19-8-2-4-10-23(19)33-24-11-5-3-9-20(24)25/h2-5,8-13,15,25H,6-7,14,16H2,1H3. The van der Waals surface area contributed by atoms with E-state index in [4.69, 9.17) is 9.47 Å². The van der Waals surface area contributed by atoms with E-state index in [1.54, 1.807) is 30.3 Å². The van der Waals surface area contributed by atoms with E-state index in [1.807, 2.05) is 36.4 Å². The zero-order valence-electron chi connectivity index (χ0n) is 18.6. The van der Waals surface area contributed by atoms with Crippen LogP contribution in [-0.4, -0.2) is 39.6 Å². The van der Waals surface area contributed by atoms with Crippen molar-refractivity contribution >= 4 is 27.5 Å². The van der Waals surface area contributed by atoms with Crippen molar-refractivity contribution in [1.82, 2.24) is 0 Å². The normalized spacial score (nSPS) is 14.9. The summed E-state index contributed by atoms with van der Waals surface area (Å²) in [6, 6.07) is 19.5. The number of rotatable bonds is 5.